The Labute approximate surface area is 288 Å². The molecule has 4 rings (SSSR count). The number of rotatable bonds is 8. The van der Waals surface area contributed by atoms with Gasteiger partial charge in [0.05, 0.1) is 5.56 Å². The maximum absolute atomic E-state index is 14.5. The minimum absolute atomic E-state index is 0.0950. The van der Waals surface area contributed by atoms with E-state index in [1.54, 1.807) is 19.9 Å². The quantitative estimate of drug-likeness (QED) is 0.140. The summed E-state index contributed by atoms with van der Waals surface area (Å²) in [7, 11) is 0. The van der Waals surface area contributed by atoms with E-state index in [-0.39, 0.29) is 45.9 Å². The standard InChI is InChI=1S/C19H17F5O2.C19H18F4O2/c1-10(2)14-8-12(9-25)16(20)17(21)15(14)11-4-6-13(7-5-11)18(3,26)19(22,23)24;1-11(2)15-8-12(10-24)9-16(20)17(15)13-4-6-14(7-5-13)18(3,25)19(21,22)23/h4-10,26H,1-3H3;4-11,25H,1-3H3. The molecule has 0 spiro atoms. The van der Waals surface area contributed by atoms with Gasteiger partial charge in [0.15, 0.2) is 29.1 Å². The summed E-state index contributed by atoms with van der Waals surface area (Å²) in [5.74, 6) is -3.54. The number of hydrogen-bond acceptors (Lipinski definition) is 4. The SMILES string of the molecule is CC(C)c1cc(C=O)c(F)c(F)c1-c1ccc(C(C)(O)C(F)(F)F)cc1.CC(C)c1cc(C=O)cc(F)c1-c1ccc(C(C)(O)C(F)(F)F)cc1. The number of carbonyl (C=O) groups is 2. The molecular weight excluding hydrogens is 691 g/mol. The van der Waals surface area contributed by atoms with Crippen LogP contribution in [0.3, 0.4) is 0 Å². The Hall–Kier alpha value is -4.49. The fourth-order valence-electron chi connectivity index (χ4n) is 5.23. The first-order valence-electron chi connectivity index (χ1n) is 15.5. The molecule has 13 heteroatoms. The molecule has 4 aromatic rings. The maximum atomic E-state index is 14.5. The number of halogens is 9. The van der Waals surface area contributed by atoms with Gasteiger partial charge in [0, 0.05) is 16.7 Å². The van der Waals surface area contributed by atoms with E-state index in [0.717, 1.165) is 30.3 Å². The largest absolute Gasteiger partial charge is 0.421 e. The Kier molecular flexibility index (Phi) is 12.0. The molecule has 4 aromatic carbocycles. The van der Waals surface area contributed by atoms with E-state index in [0.29, 0.717) is 36.8 Å². The van der Waals surface area contributed by atoms with Crippen LogP contribution in [0.4, 0.5) is 39.5 Å². The molecule has 0 aliphatic heterocycles. The van der Waals surface area contributed by atoms with Crippen molar-refractivity contribution in [3.8, 4) is 22.3 Å². The summed E-state index contributed by atoms with van der Waals surface area (Å²) >= 11 is 0. The molecule has 0 heterocycles. The zero-order chi connectivity index (χ0) is 38.9. The highest BCUT2D eigenvalue weighted by Gasteiger charge is 2.52. The number of benzene rings is 4. The number of carbonyl (C=O) groups excluding carboxylic acids is 2. The minimum atomic E-state index is -4.89. The van der Waals surface area contributed by atoms with Crippen LogP contribution in [-0.2, 0) is 11.2 Å². The summed E-state index contributed by atoms with van der Waals surface area (Å²) in [6.45, 7) is 8.37. The highest BCUT2D eigenvalue weighted by atomic mass is 19.4. The number of hydrogen-bond donors (Lipinski definition) is 2. The molecule has 2 atom stereocenters. The third kappa shape index (κ3) is 8.36. The van der Waals surface area contributed by atoms with Crippen molar-refractivity contribution in [2.24, 2.45) is 0 Å². The molecule has 0 aliphatic carbocycles. The molecule has 4 nitrogen and oxygen atoms in total. The van der Waals surface area contributed by atoms with Crippen LogP contribution < -0.4 is 0 Å². The summed E-state index contributed by atoms with van der Waals surface area (Å²) in [5.41, 5.74) is -5.49. The van der Waals surface area contributed by atoms with Crippen molar-refractivity contribution in [2.45, 2.75) is 76.9 Å². The van der Waals surface area contributed by atoms with Gasteiger partial charge in [0.2, 0.25) is 0 Å². The zero-order valence-electron chi connectivity index (χ0n) is 28.3. The molecule has 0 aliphatic rings. The predicted molar refractivity (Wildman–Crippen MR) is 174 cm³/mol. The average Bonchev–Trinajstić information content (AvgIpc) is 3.04. The molecule has 0 saturated heterocycles. The van der Waals surface area contributed by atoms with Crippen LogP contribution in [0.15, 0.2) is 66.7 Å². The first-order chi connectivity index (χ1) is 23.4. The highest BCUT2D eigenvalue weighted by molar-refractivity contribution is 5.81. The summed E-state index contributed by atoms with van der Waals surface area (Å²) in [6, 6.07) is 13.2. The molecule has 0 bridgehead atoms. The summed E-state index contributed by atoms with van der Waals surface area (Å²) in [6.07, 6.45) is -8.96. The second-order valence-corrected chi connectivity index (χ2v) is 12.9. The van der Waals surface area contributed by atoms with Crippen molar-refractivity contribution < 1.29 is 59.3 Å². The fourth-order valence-corrected chi connectivity index (χ4v) is 5.23. The third-order valence-corrected chi connectivity index (χ3v) is 8.49. The molecule has 0 fully saturated rings. The average molecular weight is 727 g/mol. The van der Waals surface area contributed by atoms with E-state index < -0.39 is 52.1 Å². The fraction of sp³-hybridized carbons (Fsp3) is 0.316. The van der Waals surface area contributed by atoms with Gasteiger partial charge in [-0.25, -0.2) is 13.2 Å². The van der Waals surface area contributed by atoms with E-state index in [2.05, 4.69) is 0 Å². The van der Waals surface area contributed by atoms with Crippen molar-refractivity contribution in [1.82, 2.24) is 0 Å². The Balaban J connectivity index is 0.000000276. The molecule has 2 unspecified atom stereocenters. The van der Waals surface area contributed by atoms with Gasteiger partial charge in [-0.2, -0.15) is 26.3 Å². The number of alkyl halides is 6. The Morgan fingerprint density at radius 1 is 0.569 bits per heavy atom. The number of aliphatic hydroxyl groups is 2. The van der Waals surface area contributed by atoms with Gasteiger partial charge in [0.1, 0.15) is 12.1 Å². The summed E-state index contributed by atoms with van der Waals surface area (Å²) in [4.78, 5) is 21.8. The van der Waals surface area contributed by atoms with Crippen LogP contribution in [0.25, 0.3) is 22.3 Å². The zero-order valence-corrected chi connectivity index (χ0v) is 28.3. The van der Waals surface area contributed by atoms with Gasteiger partial charge >= 0.3 is 12.4 Å². The Bertz CT molecular complexity index is 1870. The van der Waals surface area contributed by atoms with Crippen molar-refractivity contribution in [3.05, 3.63) is 118 Å². The lowest BCUT2D eigenvalue weighted by molar-refractivity contribution is -0.259. The summed E-state index contributed by atoms with van der Waals surface area (Å²) in [5, 5.41) is 19.4. The van der Waals surface area contributed by atoms with Crippen LogP contribution in [0.5, 0.6) is 0 Å². The third-order valence-electron chi connectivity index (χ3n) is 8.49. The second-order valence-electron chi connectivity index (χ2n) is 12.9. The van der Waals surface area contributed by atoms with E-state index >= 15 is 0 Å². The molecule has 2 N–H and O–H groups in total. The van der Waals surface area contributed by atoms with Crippen molar-refractivity contribution in [1.29, 1.82) is 0 Å². The van der Waals surface area contributed by atoms with E-state index in [4.69, 9.17) is 0 Å². The van der Waals surface area contributed by atoms with Gasteiger partial charge in [-0.05, 0) is 77.3 Å². The molecule has 0 aromatic heterocycles. The lowest BCUT2D eigenvalue weighted by Crippen LogP contribution is -2.39. The van der Waals surface area contributed by atoms with Gasteiger partial charge in [0.25, 0.3) is 0 Å². The molecule has 274 valence electrons. The maximum Gasteiger partial charge on any atom is 0.421 e. The first kappa shape index (κ1) is 40.9. The summed E-state index contributed by atoms with van der Waals surface area (Å²) < 4.78 is 121. The smallest absolute Gasteiger partial charge is 0.376 e. The van der Waals surface area contributed by atoms with Crippen molar-refractivity contribution in [2.75, 3.05) is 0 Å². The van der Waals surface area contributed by atoms with Crippen LogP contribution in [0.2, 0.25) is 0 Å². The predicted octanol–water partition coefficient (Wildman–Crippen LogP) is 10.5. The lowest BCUT2D eigenvalue weighted by Gasteiger charge is -2.27. The Morgan fingerprint density at radius 3 is 1.31 bits per heavy atom. The van der Waals surface area contributed by atoms with Gasteiger partial charge in [-0.1, -0.05) is 76.2 Å². The lowest BCUT2D eigenvalue weighted by atomic mass is 9.88. The van der Waals surface area contributed by atoms with E-state index in [9.17, 15) is 59.3 Å². The monoisotopic (exact) mass is 726 g/mol. The van der Waals surface area contributed by atoms with E-state index in [1.807, 2.05) is 13.8 Å². The van der Waals surface area contributed by atoms with Gasteiger partial charge in [-0.15, -0.1) is 0 Å². The molecule has 51 heavy (non-hydrogen) atoms. The van der Waals surface area contributed by atoms with Crippen LogP contribution in [-0.4, -0.2) is 35.1 Å². The Morgan fingerprint density at radius 2 is 0.961 bits per heavy atom. The molecule has 0 saturated carbocycles. The first-order valence-corrected chi connectivity index (χ1v) is 15.5. The molecule has 0 radical (unpaired) electrons. The van der Waals surface area contributed by atoms with Crippen LogP contribution in [0, 0.1) is 17.5 Å². The second kappa shape index (κ2) is 15.0. The minimum Gasteiger partial charge on any atom is -0.376 e. The highest BCUT2D eigenvalue weighted by Crippen LogP contribution is 2.42. The topological polar surface area (TPSA) is 74.6 Å². The van der Waals surface area contributed by atoms with Gasteiger partial charge in [-0.3, -0.25) is 9.59 Å². The van der Waals surface area contributed by atoms with Crippen molar-refractivity contribution >= 4 is 12.6 Å². The molecular formula is C38H35F9O4. The van der Waals surface area contributed by atoms with E-state index in [1.165, 1.54) is 30.3 Å². The van der Waals surface area contributed by atoms with Crippen molar-refractivity contribution in [3.63, 3.8) is 0 Å². The van der Waals surface area contributed by atoms with Crippen LogP contribution in [0.1, 0.15) is 96.3 Å². The van der Waals surface area contributed by atoms with Crippen LogP contribution >= 0.6 is 0 Å². The normalized spacial score (nSPS) is 14.4. The molecule has 0 amide bonds. The van der Waals surface area contributed by atoms with Gasteiger partial charge < -0.3 is 10.2 Å². The number of aldehydes is 2.